The predicted molar refractivity (Wildman–Crippen MR) is 303 cm³/mol. The van der Waals surface area contributed by atoms with Crippen LogP contribution in [0.2, 0.25) is 0 Å². The summed E-state index contributed by atoms with van der Waals surface area (Å²) >= 11 is 28.1. The van der Waals surface area contributed by atoms with Gasteiger partial charge in [-0.3, -0.25) is 0 Å². The number of rotatable bonds is 4. The van der Waals surface area contributed by atoms with Gasteiger partial charge in [-0.05, 0) is 0 Å². The molecule has 0 heterocycles. The molecular weight excluding hydrogens is 2260 g/mol. The van der Waals surface area contributed by atoms with Crippen molar-refractivity contribution < 1.29 is 48.0 Å². The average molecular weight is 2310 g/mol. The molecular formula is C22H50I14P2Se2. The van der Waals surface area contributed by atoms with Gasteiger partial charge in [0.15, 0.2) is 0 Å². The Bertz CT molecular complexity index is 420. The van der Waals surface area contributed by atoms with Gasteiger partial charge < -0.3 is 48.0 Å². The minimum absolute atomic E-state index is 0. The molecule has 0 saturated carbocycles. The van der Waals surface area contributed by atoms with E-state index in [0.717, 1.165) is 33.8 Å². The summed E-state index contributed by atoms with van der Waals surface area (Å²) in [5.41, 5.74) is 1.72. The van der Waals surface area contributed by atoms with E-state index in [1.807, 2.05) is 0 Å². The Kier molecular flexibility index (Phi) is 74.7. The van der Waals surface area contributed by atoms with Crippen LogP contribution in [-0.2, 0) is 0 Å². The van der Waals surface area contributed by atoms with Gasteiger partial charge >= 0.3 is 218 Å². The van der Waals surface area contributed by atoms with Crippen LogP contribution in [0.15, 0.2) is 0 Å². The molecule has 0 spiro atoms. The largest absolute Gasteiger partial charge is 1.00 e. The number of halogens is 14. The molecule has 0 radical (unpaired) electrons. The molecule has 0 aromatic rings. The van der Waals surface area contributed by atoms with Crippen molar-refractivity contribution in [3.05, 3.63) is 0 Å². The number of hydrogen-bond donors (Lipinski definition) is 0. The van der Waals surface area contributed by atoms with Gasteiger partial charge in [-0.25, -0.2) is 0 Å². The summed E-state index contributed by atoms with van der Waals surface area (Å²) in [6, 6.07) is 0. The fourth-order valence-electron chi connectivity index (χ4n) is 5.68. The maximum Gasteiger partial charge on any atom is 0 e. The van der Waals surface area contributed by atoms with E-state index in [1.165, 1.54) is 0 Å². The summed E-state index contributed by atoms with van der Waals surface area (Å²) in [4.78, 5) is 0. The van der Waals surface area contributed by atoms with Crippen molar-refractivity contribution in [2.24, 2.45) is 0 Å². The van der Waals surface area contributed by atoms with Gasteiger partial charge in [0, 0.05) is 186 Å². The summed E-state index contributed by atoms with van der Waals surface area (Å²) in [5.74, 6) is -1.74. The second-order valence-corrected chi connectivity index (χ2v) is 43.9. The molecule has 0 atom stereocenters. The molecule has 0 saturated heterocycles. The first-order chi connectivity index (χ1) is 17.0. The first kappa shape index (κ1) is 73.3. The van der Waals surface area contributed by atoms with E-state index >= 15 is 0 Å². The van der Waals surface area contributed by atoms with Crippen LogP contribution in [0, 0.1) is 0 Å². The van der Waals surface area contributed by atoms with Crippen LogP contribution < -0.4 is 48.0 Å². The third-order valence-corrected chi connectivity index (χ3v) is 58.2. The molecule has 0 fully saturated rings. The Labute approximate surface area is 439 Å². The Morgan fingerprint density at radius 1 is 0.375 bits per heavy atom. The zero-order chi connectivity index (χ0) is 33.6. The van der Waals surface area contributed by atoms with E-state index < -0.39 is 11.9 Å². The minimum atomic E-state index is -0.867. The summed E-state index contributed by atoms with van der Waals surface area (Å²) in [5, 5.41) is 2.00. The van der Waals surface area contributed by atoms with Crippen molar-refractivity contribution in [1.29, 1.82) is 0 Å². The number of hydrogen-bond acceptors (Lipinski definition) is 0. The van der Waals surface area contributed by atoms with Crippen LogP contribution >= 0.6 is 239 Å². The molecule has 0 N–H and O–H groups in total. The first-order valence-corrected chi connectivity index (χ1v) is 61.1. The molecule has 0 aliphatic heterocycles. The summed E-state index contributed by atoms with van der Waals surface area (Å²) < 4.78 is 0. The predicted octanol–water partition coefficient (Wildman–Crippen LogP) is 12.8. The molecule has 40 heavy (non-hydrogen) atoms. The third kappa shape index (κ3) is 27.7. The SMILES string of the molecule is CC(C)[P+]([Se]I)(C(C)(C)C)C(C)(C)C.CC(C)[P+]([Se]I)(C(C)(C)C)C(C)(C)C.II.II.II.II.II.[I-].[I-]. The van der Waals surface area contributed by atoms with Gasteiger partial charge in [-0.2, -0.15) is 0 Å². The standard InChI is InChI=1S/2C11H25IPSe.5I2.2HI/c2*1-9(2)13(14-12,10(3,4)5)11(6,7)8;5*1-2;;/h2*9H,1-8H3;;;;;;2*1H/q2*+1;;;;;;;/p-2. The van der Waals surface area contributed by atoms with Crippen molar-refractivity contribution in [2.45, 2.75) is 143 Å². The molecule has 0 bridgehead atoms. The fraction of sp³-hybridized carbons (Fsp3) is 1.00. The van der Waals surface area contributed by atoms with E-state index in [1.54, 1.807) is 0 Å². The normalized spacial score (nSPS) is 11.2. The molecule has 258 valence electrons. The Hall–Kier alpha value is 12.1. The van der Waals surface area contributed by atoms with Crippen molar-refractivity contribution in [3.63, 3.8) is 0 Å². The topological polar surface area (TPSA) is 0 Å². The van der Waals surface area contributed by atoms with E-state index in [-0.39, 0.29) is 48.0 Å². The van der Waals surface area contributed by atoms with Crippen LogP contribution in [-0.4, -0.2) is 54.5 Å². The van der Waals surface area contributed by atoms with E-state index in [9.17, 15) is 0 Å². The van der Waals surface area contributed by atoms with Crippen molar-refractivity contribution >= 4 is 261 Å². The second-order valence-electron chi connectivity index (χ2n) is 12.3. The zero-order valence-electron chi connectivity index (χ0n) is 26.2. The Balaban J connectivity index is -0.0000000501. The van der Waals surface area contributed by atoms with Gasteiger partial charge in [0.05, 0.1) is 0 Å². The molecule has 0 nitrogen and oxygen atoms in total. The Morgan fingerprint density at radius 3 is 0.475 bits per heavy atom. The van der Waals surface area contributed by atoms with Gasteiger partial charge in [0.25, 0.3) is 0 Å². The van der Waals surface area contributed by atoms with Gasteiger partial charge in [0.2, 0.25) is 0 Å². The van der Waals surface area contributed by atoms with Crippen LogP contribution in [0.25, 0.3) is 0 Å². The maximum absolute atomic E-state index is 2.68. The van der Waals surface area contributed by atoms with Gasteiger partial charge in [0.1, 0.15) is 0 Å². The smallest absolute Gasteiger partial charge is 0 e. The average Bonchev–Trinajstić information content (AvgIpc) is 2.78. The molecule has 0 amide bonds. The van der Waals surface area contributed by atoms with E-state index in [0.29, 0.717) is 20.6 Å². The minimum Gasteiger partial charge on any atom is -1.00 e. The molecule has 18 heteroatoms. The monoisotopic (exact) mass is 2310 g/mol. The fourth-order valence-corrected chi connectivity index (χ4v) is 75.3. The van der Waals surface area contributed by atoms with Crippen LogP contribution in [0.1, 0.15) is 111 Å². The van der Waals surface area contributed by atoms with E-state index in [2.05, 4.69) is 338 Å². The summed E-state index contributed by atoms with van der Waals surface area (Å²) in [7, 11) is 0. The van der Waals surface area contributed by atoms with Gasteiger partial charge in [-0.15, -0.1) is 0 Å². The van der Waals surface area contributed by atoms with Crippen LogP contribution in [0.3, 0.4) is 0 Å². The molecule has 0 rings (SSSR count). The first-order valence-electron chi connectivity index (χ1n) is 11.1. The second kappa shape index (κ2) is 40.8. The van der Waals surface area contributed by atoms with E-state index in [4.69, 9.17) is 0 Å². The zero-order valence-corrected chi connectivity index (χ0v) is 61.6. The molecule has 0 aliphatic rings. The summed E-state index contributed by atoms with van der Waals surface area (Å²) in [6.07, 6.45) is 0. The van der Waals surface area contributed by atoms with Crippen LogP contribution in [0.4, 0.5) is 0 Å². The maximum atomic E-state index is 2.68. The Morgan fingerprint density at radius 2 is 0.475 bits per heavy atom. The van der Waals surface area contributed by atoms with Crippen LogP contribution in [0.5, 0.6) is 0 Å². The quantitative estimate of drug-likeness (QED) is 0.150. The summed E-state index contributed by atoms with van der Waals surface area (Å²) in [6.45, 7) is 39.2. The molecule has 0 aliphatic carbocycles. The molecule has 0 aromatic heterocycles. The van der Waals surface area contributed by atoms with Gasteiger partial charge in [-0.1, -0.05) is 0 Å². The third-order valence-electron chi connectivity index (χ3n) is 5.66. The molecule has 0 unspecified atom stereocenters. The molecule has 0 aromatic carbocycles. The van der Waals surface area contributed by atoms with Crippen molar-refractivity contribution in [1.82, 2.24) is 0 Å². The van der Waals surface area contributed by atoms with Crippen molar-refractivity contribution in [2.75, 3.05) is 0 Å². The van der Waals surface area contributed by atoms with Crippen molar-refractivity contribution in [3.8, 4) is 0 Å².